The van der Waals surface area contributed by atoms with Crippen LogP contribution in [-0.4, -0.2) is 48.5 Å². The summed E-state index contributed by atoms with van der Waals surface area (Å²) in [6, 6.07) is 5.65. The number of aromatic nitrogens is 2. The molecule has 1 atom stereocenters. The number of benzene rings is 1. The highest BCUT2D eigenvalue weighted by molar-refractivity contribution is 7.99. The summed E-state index contributed by atoms with van der Waals surface area (Å²) >= 11 is 1.46. The van der Waals surface area contributed by atoms with Crippen molar-refractivity contribution in [3.63, 3.8) is 0 Å². The van der Waals surface area contributed by atoms with Gasteiger partial charge in [-0.1, -0.05) is 11.8 Å². The van der Waals surface area contributed by atoms with E-state index in [4.69, 9.17) is 9.47 Å². The van der Waals surface area contributed by atoms with E-state index in [1.807, 2.05) is 18.2 Å². The minimum absolute atomic E-state index is 0.296. The molecule has 2 N–H and O–H groups in total. The molecule has 1 aromatic carbocycles. The number of carbonyl (C=O) groups excluding carboxylic acids is 1. The Balaban J connectivity index is 2.14. The highest BCUT2D eigenvalue weighted by Crippen LogP contribution is 2.25. The van der Waals surface area contributed by atoms with Crippen molar-refractivity contribution >= 4 is 28.8 Å². The van der Waals surface area contributed by atoms with Crippen molar-refractivity contribution in [3.8, 4) is 5.75 Å². The lowest BCUT2D eigenvalue weighted by atomic mass is 10.1. The summed E-state index contributed by atoms with van der Waals surface area (Å²) in [7, 11) is 4.75. The first-order chi connectivity index (χ1) is 10.0. The Morgan fingerprint density at radius 3 is 2.86 bits per heavy atom. The number of fused-ring (bicyclic) bond motifs is 1. The van der Waals surface area contributed by atoms with Crippen molar-refractivity contribution in [1.82, 2.24) is 15.3 Å². The summed E-state index contributed by atoms with van der Waals surface area (Å²) < 4.78 is 10.0. The van der Waals surface area contributed by atoms with Gasteiger partial charge in [0.25, 0.3) is 0 Å². The van der Waals surface area contributed by atoms with E-state index in [-0.39, 0.29) is 5.97 Å². The number of hydrogen-bond acceptors (Lipinski definition) is 6. The van der Waals surface area contributed by atoms with Crippen LogP contribution in [-0.2, 0) is 9.53 Å². The lowest BCUT2D eigenvalue weighted by Gasteiger charge is -2.24. The zero-order valence-electron chi connectivity index (χ0n) is 12.5. The molecular weight excluding hydrogens is 290 g/mol. The van der Waals surface area contributed by atoms with E-state index in [0.717, 1.165) is 21.9 Å². The first-order valence-corrected chi connectivity index (χ1v) is 7.45. The van der Waals surface area contributed by atoms with Crippen LogP contribution in [0.2, 0.25) is 0 Å². The predicted molar refractivity (Wildman–Crippen MR) is 82.9 cm³/mol. The van der Waals surface area contributed by atoms with Gasteiger partial charge in [-0.15, -0.1) is 0 Å². The van der Waals surface area contributed by atoms with Gasteiger partial charge in [0.05, 0.1) is 25.3 Å². The van der Waals surface area contributed by atoms with Gasteiger partial charge >= 0.3 is 5.97 Å². The van der Waals surface area contributed by atoms with Crippen molar-refractivity contribution in [2.75, 3.05) is 27.0 Å². The molecule has 0 saturated carbocycles. The van der Waals surface area contributed by atoms with Crippen molar-refractivity contribution in [2.24, 2.45) is 0 Å². The lowest BCUT2D eigenvalue weighted by Crippen LogP contribution is -2.50. The Morgan fingerprint density at radius 2 is 2.24 bits per heavy atom. The number of esters is 1. The van der Waals surface area contributed by atoms with E-state index in [9.17, 15) is 4.79 Å². The molecule has 0 aliphatic rings. The molecule has 0 aliphatic carbocycles. The number of nitrogens with one attached hydrogen (secondary N) is 2. The normalized spacial score (nSPS) is 13.9. The van der Waals surface area contributed by atoms with Crippen LogP contribution in [0.1, 0.15) is 6.92 Å². The van der Waals surface area contributed by atoms with Crippen LogP contribution >= 0.6 is 11.8 Å². The van der Waals surface area contributed by atoms with E-state index in [1.165, 1.54) is 18.9 Å². The molecule has 0 amide bonds. The maximum absolute atomic E-state index is 11.8. The number of nitrogens with zero attached hydrogens (tertiary/aromatic N) is 1. The number of ether oxygens (including phenoxy) is 2. The molecule has 0 fully saturated rings. The third kappa shape index (κ3) is 3.30. The number of likely N-dealkylation sites (N-methyl/N-ethyl adjacent to an activating group) is 1. The molecule has 1 unspecified atom stereocenters. The SMILES string of the molecule is CNC(C)(CSc1nc2ccc(OC)cc2[nH]1)C(=O)OC. The topological polar surface area (TPSA) is 76.2 Å². The fraction of sp³-hybridized carbons (Fsp3) is 0.429. The number of rotatable bonds is 6. The molecule has 0 radical (unpaired) electrons. The second kappa shape index (κ2) is 6.36. The third-order valence-corrected chi connectivity index (χ3v) is 4.54. The van der Waals surface area contributed by atoms with Crippen molar-refractivity contribution in [1.29, 1.82) is 0 Å². The van der Waals surface area contributed by atoms with E-state index >= 15 is 0 Å². The molecule has 21 heavy (non-hydrogen) atoms. The Labute approximate surface area is 127 Å². The standard InChI is InChI=1S/C14H19N3O3S/c1-14(15-2,12(18)20-4)8-21-13-16-10-6-5-9(19-3)7-11(10)17-13/h5-7,15H,8H2,1-4H3,(H,16,17). The number of H-pyrrole nitrogens is 1. The maximum Gasteiger partial charge on any atom is 0.326 e. The number of hydrogen-bond donors (Lipinski definition) is 2. The number of thioether (sulfide) groups is 1. The van der Waals surface area contributed by atoms with Gasteiger partial charge in [-0.25, -0.2) is 4.98 Å². The van der Waals surface area contributed by atoms with Gasteiger partial charge in [-0.05, 0) is 26.1 Å². The van der Waals surface area contributed by atoms with Gasteiger partial charge in [-0.3, -0.25) is 4.79 Å². The summed E-state index contributed by atoms with van der Waals surface area (Å²) in [5, 5.41) is 3.75. The maximum atomic E-state index is 11.8. The quantitative estimate of drug-likeness (QED) is 0.626. The number of aromatic amines is 1. The predicted octanol–water partition coefficient (Wildman–Crippen LogP) is 1.81. The average Bonchev–Trinajstić information content (AvgIpc) is 2.93. The summed E-state index contributed by atoms with van der Waals surface area (Å²) in [6.45, 7) is 1.80. The molecule has 2 rings (SSSR count). The second-order valence-electron chi connectivity index (χ2n) is 4.79. The first kappa shape index (κ1) is 15.7. The Bertz CT molecular complexity index is 643. The highest BCUT2D eigenvalue weighted by atomic mass is 32.2. The fourth-order valence-electron chi connectivity index (χ4n) is 1.83. The van der Waals surface area contributed by atoms with Crippen molar-refractivity contribution in [2.45, 2.75) is 17.6 Å². The van der Waals surface area contributed by atoms with Gasteiger partial charge < -0.3 is 19.8 Å². The van der Waals surface area contributed by atoms with E-state index in [1.54, 1.807) is 21.1 Å². The zero-order chi connectivity index (χ0) is 15.5. The van der Waals surface area contributed by atoms with E-state index in [2.05, 4.69) is 15.3 Å². The van der Waals surface area contributed by atoms with Crippen LogP contribution in [0.3, 0.4) is 0 Å². The molecule has 0 aliphatic heterocycles. The Hall–Kier alpha value is -1.73. The highest BCUT2D eigenvalue weighted by Gasteiger charge is 2.33. The van der Waals surface area contributed by atoms with E-state index in [0.29, 0.717) is 5.75 Å². The smallest absolute Gasteiger partial charge is 0.326 e. The molecule has 114 valence electrons. The summed E-state index contributed by atoms with van der Waals surface area (Å²) in [6.07, 6.45) is 0. The largest absolute Gasteiger partial charge is 0.497 e. The Kier molecular flexibility index (Phi) is 4.74. The molecule has 0 bridgehead atoms. The summed E-state index contributed by atoms with van der Waals surface area (Å²) in [4.78, 5) is 19.5. The minimum atomic E-state index is -0.754. The summed E-state index contributed by atoms with van der Waals surface area (Å²) in [5.74, 6) is 0.986. The number of imidazole rings is 1. The van der Waals surface area contributed by atoms with Gasteiger partial charge in [0, 0.05) is 11.8 Å². The molecule has 7 heteroatoms. The van der Waals surface area contributed by atoms with Crippen molar-refractivity contribution in [3.05, 3.63) is 18.2 Å². The Morgan fingerprint density at radius 1 is 1.48 bits per heavy atom. The van der Waals surface area contributed by atoms with Crippen LogP contribution in [0, 0.1) is 0 Å². The fourth-order valence-corrected chi connectivity index (χ4v) is 2.86. The zero-order valence-corrected chi connectivity index (χ0v) is 13.3. The van der Waals surface area contributed by atoms with Gasteiger partial charge in [0.2, 0.25) is 0 Å². The monoisotopic (exact) mass is 309 g/mol. The molecule has 2 aromatic rings. The van der Waals surface area contributed by atoms with E-state index < -0.39 is 5.54 Å². The van der Waals surface area contributed by atoms with Crippen LogP contribution in [0.5, 0.6) is 5.75 Å². The summed E-state index contributed by atoms with van der Waals surface area (Å²) in [5.41, 5.74) is 1.01. The van der Waals surface area contributed by atoms with Gasteiger partial charge in [0.1, 0.15) is 11.3 Å². The third-order valence-electron chi connectivity index (χ3n) is 3.35. The minimum Gasteiger partial charge on any atom is -0.497 e. The van der Waals surface area contributed by atoms with Crippen LogP contribution in [0.25, 0.3) is 11.0 Å². The first-order valence-electron chi connectivity index (χ1n) is 6.46. The molecule has 1 heterocycles. The van der Waals surface area contributed by atoms with Crippen LogP contribution < -0.4 is 10.1 Å². The molecule has 0 spiro atoms. The average molecular weight is 309 g/mol. The molecule has 0 saturated heterocycles. The second-order valence-corrected chi connectivity index (χ2v) is 5.75. The van der Waals surface area contributed by atoms with Gasteiger partial charge in [-0.2, -0.15) is 0 Å². The molecule has 1 aromatic heterocycles. The van der Waals surface area contributed by atoms with Gasteiger partial charge in [0.15, 0.2) is 5.16 Å². The van der Waals surface area contributed by atoms with Crippen LogP contribution in [0.4, 0.5) is 0 Å². The van der Waals surface area contributed by atoms with Crippen molar-refractivity contribution < 1.29 is 14.3 Å². The number of methoxy groups -OCH3 is 2. The van der Waals surface area contributed by atoms with Crippen LogP contribution in [0.15, 0.2) is 23.4 Å². The lowest BCUT2D eigenvalue weighted by molar-refractivity contribution is -0.146. The molecule has 6 nitrogen and oxygen atoms in total. The molecular formula is C14H19N3O3S. The number of carbonyl (C=O) groups is 1.